The van der Waals surface area contributed by atoms with Crippen LogP contribution in [0.5, 0.6) is 0 Å². The maximum absolute atomic E-state index is 11.7. The molecule has 0 atom stereocenters. The van der Waals surface area contributed by atoms with Crippen molar-refractivity contribution in [3.05, 3.63) is 51.0 Å². The summed E-state index contributed by atoms with van der Waals surface area (Å²) in [5.41, 5.74) is 0.0782. The molecule has 0 spiro atoms. The first-order chi connectivity index (χ1) is 8.15. The first kappa shape index (κ1) is 11.5. The number of carbonyl (C=O) groups excluding carboxylic acids is 1. The SMILES string of the molecule is O=C(Nc1ccc(=O)[nH]n1)c1ccc(Br)nc1. The average Bonchev–Trinajstić information content (AvgIpc) is 2.33. The zero-order chi connectivity index (χ0) is 12.3. The van der Waals surface area contributed by atoms with Crippen LogP contribution in [0.25, 0.3) is 0 Å². The summed E-state index contributed by atoms with van der Waals surface area (Å²) in [5.74, 6) is -0.0675. The molecule has 0 unspecified atom stereocenters. The number of nitrogens with zero attached hydrogens (tertiary/aromatic N) is 2. The molecule has 7 heteroatoms. The Morgan fingerprint density at radius 3 is 2.71 bits per heavy atom. The number of carbonyl (C=O) groups is 1. The zero-order valence-corrected chi connectivity index (χ0v) is 10.1. The lowest BCUT2D eigenvalue weighted by Gasteiger charge is -2.02. The first-order valence-corrected chi connectivity index (χ1v) is 5.43. The van der Waals surface area contributed by atoms with Gasteiger partial charge in [0.25, 0.3) is 11.5 Å². The lowest BCUT2D eigenvalue weighted by Crippen LogP contribution is -2.15. The van der Waals surface area contributed by atoms with Gasteiger partial charge >= 0.3 is 0 Å². The van der Waals surface area contributed by atoms with E-state index in [1.54, 1.807) is 12.1 Å². The summed E-state index contributed by atoms with van der Waals surface area (Å²) in [7, 11) is 0. The van der Waals surface area contributed by atoms with E-state index in [9.17, 15) is 9.59 Å². The molecule has 0 saturated heterocycles. The predicted molar refractivity (Wildman–Crippen MR) is 64.7 cm³/mol. The normalized spacial score (nSPS) is 9.94. The Morgan fingerprint density at radius 1 is 1.29 bits per heavy atom. The summed E-state index contributed by atoms with van der Waals surface area (Å²) < 4.78 is 0.649. The Kier molecular flexibility index (Phi) is 3.29. The van der Waals surface area contributed by atoms with E-state index in [1.165, 1.54) is 18.3 Å². The van der Waals surface area contributed by atoms with Gasteiger partial charge < -0.3 is 5.32 Å². The third-order valence-corrected chi connectivity index (χ3v) is 2.38. The molecular weight excluding hydrogens is 288 g/mol. The number of pyridine rings is 1. The summed E-state index contributed by atoms with van der Waals surface area (Å²) >= 11 is 3.17. The van der Waals surface area contributed by atoms with Crippen molar-refractivity contribution in [1.82, 2.24) is 15.2 Å². The van der Waals surface area contributed by atoms with Gasteiger partial charge in [-0.2, -0.15) is 5.10 Å². The molecular formula is C10H7BrN4O2. The van der Waals surface area contributed by atoms with Gasteiger partial charge in [0.15, 0.2) is 5.82 Å². The van der Waals surface area contributed by atoms with Gasteiger partial charge in [0.1, 0.15) is 4.60 Å². The van der Waals surface area contributed by atoms with Crippen molar-refractivity contribution in [2.75, 3.05) is 5.32 Å². The Hall–Kier alpha value is -2.02. The summed E-state index contributed by atoms with van der Waals surface area (Å²) in [6.45, 7) is 0. The minimum absolute atomic E-state index is 0.275. The van der Waals surface area contributed by atoms with Crippen LogP contribution in [0.15, 0.2) is 39.9 Å². The van der Waals surface area contributed by atoms with Crippen molar-refractivity contribution in [2.45, 2.75) is 0 Å². The van der Waals surface area contributed by atoms with Crippen LogP contribution >= 0.6 is 15.9 Å². The van der Waals surface area contributed by atoms with Crippen LogP contribution in [-0.4, -0.2) is 21.1 Å². The van der Waals surface area contributed by atoms with Crippen molar-refractivity contribution < 1.29 is 4.79 Å². The van der Waals surface area contributed by atoms with Crippen molar-refractivity contribution in [3.8, 4) is 0 Å². The molecule has 2 aromatic heterocycles. The third-order valence-electron chi connectivity index (χ3n) is 1.91. The predicted octanol–water partition coefficient (Wildman–Crippen LogP) is 1.18. The van der Waals surface area contributed by atoms with E-state index in [4.69, 9.17) is 0 Å². The average molecular weight is 295 g/mol. The van der Waals surface area contributed by atoms with Crippen LogP contribution in [-0.2, 0) is 0 Å². The Morgan fingerprint density at radius 2 is 2.12 bits per heavy atom. The van der Waals surface area contributed by atoms with E-state index in [0.717, 1.165) is 0 Å². The molecule has 0 bridgehead atoms. The third kappa shape index (κ3) is 2.97. The lowest BCUT2D eigenvalue weighted by atomic mass is 10.3. The number of H-pyrrole nitrogens is 1. The smallest absolute Gasteiger partial charge is 0.264 e. The Labute approximate surface area is 104 Å². The van der Waals surface area contributed by atoms with E-state index in [2.05, 4.69) is 36.4 Å². The van der Waals surface area contributed by atoms with Crippen LogP contribution < -0.4 is 10.9 Å². The summed E-state index contributed by atoms with van der Waals surface area (Å²) in [5, 5.41) is 8.41. The van der Waals surface area contributed by atoms with Crippen molar-refractivity contribution in [1.29, 1.82) is 0 Å². The number of amides is 1. The molecule has 0 aliphatic carbocycles. The first-order valence-electron chi connectivity index (χ1n) is 4.64. The number of rotatable bonds is 2. The van der Waals surface area contributed by atoms with E-state index >= 15 is 0 Å². The largest absolute Gasteiger partial charge is 0.305 e. The quantitative estimate of drug-likeness (QED) is 0.814. The van der Waals surface area contributed by atoms with Crippen LogP contribution in [0.4, 0.5) is 5.82 Å². The molecule has 17 heavy (non-hydrogen) atoms. The van der Waals surface area contributed by atoms with Gasteiger partial charge in [0, 0.05) is 12.3 Å². The van der Waals surface area contributed by atoms with Crippen LogP contribution in [0, 0.1) is 0 Å². The molecule has 0 fully saturated rings. The molecule has 0 aliphatic rings. The van der Waals surface area contributed by atoms with Crippen molar-refractivity contribution >= 4 is 27.7 Å². The number of aromatic nitrogens is 3. The van der Waals surface area contributed by atoms with Gasteiger partial charge in [0.2, 0.25) is 0 Å². The fourth-order valence-corrected chi connectivity index (χ4v) is 1.35. The van der Waals surface area contributed by atoms with Gasteiger partial charge in [0.05, 0.1) is 5.56 Å². The molecule has 86 valence electrons. The number of aromatic amines is 1. The summed E-state index contributed by atoms with van der Waals surface area (Å²) in [4.78, 5) is 26.4. The maximum Gasteiger partial charge on any atom is 0.264 e. The maximum atomic E-state index is 11.7. The topological polar surface area (TPSA) is 87.7 Å². The number of hydrogen-bond acceptors (Lipinski definition) is 4. The molecule has 2 heterocycles. The minimum Gasteiger partial charge on any atom is -0.305 e. The molecule has 0 aliphatic heterocycles. The highest BCUT2D eigenvalue weighted by molar-refractivity contribution is 9.10. The Bertz CT molecular complexity index is 574. The monoisotopic (exact) mass is 294 g/mol. The number of nitrogens with one attached hydrogen (secondary N) is 2. The highest BCUT2D eigenvalue weighted by Gasteiger charge is 2.06. The minimum atomic E-state index is -0.343. The van der Waals surface area contributed by atoms with Crippen LogP contribution in [0.3, 0.4) is 0 Å². The molecule has 0 radical (unpaired) electrons. The molecule has 0 aromatic carbocycles. The van der Waals surface area contributed by atoms with Crippen LogP contribution in [0.2, 0.25) is 0 Å². The van der Waals surface area contributed by atoms with Crippen LogP contribution in [0.1, 0.15) is 10.4 Å². The summed E-state index contributed by atoms with van der Waals surface area (Å²) in [6.07, 6.45) is 1.44. The van der Waals surface area contributed by atoms with Gasteiger partial charge in [-0.25, -0.2) is 10.1 Å². The van der Waals surface area contributed by atoms with Crippen molar-refractivity contribution in [3.63, 3.8) is 0 Å². The number of hydrogen-bond donors (Lipinski definition) is 2. The van der Waals surface area contributed by atoms with E-state index in [-0.39, 0.29) is 17.3 Å². The fraction of sp³-hybridized carbons (Fsp3) is 0. The zero-order valence-electron chi connectivity index (χ0n) is 8.48. The van der Waals surface area contributed by atoms with E-state index < -0.39 is 0 Å². The second-order valence-electron chi connectivity index (χ2n) is 3.13. The second-order valence-corrected chi connectivity index (χ2v) is 3.94. The number of anilines is 1. The fourth-order valence-electron chi connectivity index (χ4n) is 1.11. The van der Waals surface area contributed by atoms with E-state index in [0.29, 0.717) is 10.2 Å². The van der Waals surface area contributed by atoms with Gasteiger partial charge in [-0.15, -0.1) is 0 Å². The van der Waals surface area contributed by atoms with Crippen molar-refractivity contribution in [2.24, 2.45) is 0 Å². The molecule has 6 nitrogen and oxygen atoms in total. The molecule has 2 aromatic rings. The highest BCUT2D eigenvalue weighted by atomic mass is 79.9. The number of halogens is 1. The highest BCUT2D eigenvalue weighted by Crippen LogP contribution is 2.08. The van der Waals surface area contributed by atoms with Gasteiger partial charge in [-0.05, 0) is 34.1 Å². The van der Waals surface area contributed by atoms with E-state index in [1.807, 2.05) is 0 Å². The standard InChI is InChI=1S/C10H7BrN4O2/c11-7-2-1-6(5-12-7)10(17)13-8-3-4-9(16)15-14-8/h1-5H,(H,15,16)(H,13,14,17). The second kappa shape index (κ2) is 4.88. The lowest BCUT2D eigenvalue weighted by molar-refractivity contribution is 0.102. The Balaban J connectivity index is 2.14. The molecule has 2 rings (SSSR count). The summed E-state index contributed by atoms with van der Waals surface area (Å²) in [6, 6.07) is 5.98. The van der Waals surface area contributed by atoms with Gasteiger partial charge in [-0.3, -0.25) is 9.59 Å². The molecule has 1 amide bonds. The van der Waals surface area contributed by atoms with Gasteiger partial charge in [-0.1, -0.05) is 0 Å². The molecule has 2 N–H and O–H groups in total. The molecule has 0 saturated carbocycles.